The van der Waals surface area contributed by atoms with E-state index in [1.807, 2.05) is 36.9 Å². The van der Waals surface area contributed by atoms with E-state index in [-0.39, 0.29) is 23.3 Å². The molecule has 3 aromatic rings. The Balaban J connectivity index is 1.57. The summed E-state index contributed by atoms with van der Waals surface area (Å²) in [6.07, 6.45) is 2.02. The van der Waals surface area contributed by atoms with Crippen molar-refractivity contribution in [2.45, 2.75) is 39.7 Å². The summed E-state index contributed by atoms with van der Waals surface area (Å²) < 4.78 is 1.54. The standard InChI is InChI=1S/C25H28N4O3/c1-16(2)22(25(32)28-14-6-7-15-28)27-23(30)18-10-12-19(13-11-18)29-17(3)26-21-9-5-4-8-20(21)24(29)31/h4-5,8-13,16,22H,6-7,14-15H2,1-3H3,(H,27,30)/t22-/m0/s1. The van der Waals surface area contributed by atoms with Gasteiger partial charge >= 0.3 is 0 Å². The molecule has 1 N–H and O–H groups in total. The first-order chi connectivity index (χ1) is 15.4. The van der Waals surface area contributed by atoms with Crippen molar-refractivity contribution in [3.63, 3.8) is 0 Å². The number of hydrogen-bond acceptors (Lipinski definition) is 4. The summed E-state index contributed by atoms with van der Waals surface area (Å²) in [6, 6.07) is 13.5. The van der Waals surface area contributed by atoms with Crippen LogP contribution < -0.4 is 10.9 Å². The molecule has 1 aliphatic heterocycles. The van der Waals surface area contributed by atoms with E-state index in [1.54, 1.807) is 37.3 Å². The molecule has 0 spiro atoms. The van der Waals surface area contributed by atoms with Crippen LogP contribution in [0.3, 0.4) is 0 Å². The number of nitrogens with zero attached hydrogens (tertiary/aromatic N) is 3. The van der Waals surface area contributed by atoms with Gasteiger partial charge in [0, 0.05) is 18.7 Å². The zero-order valence-electron chi connectivity index (χ0n) is 18.7. The highest BCUT2D eigenvalue weighted by Gasteiger charge is 2.30. The van der Waals surface area contributed by atoms with E-state index >= 15 is 0 Å². The van der Waals surface area contributed by atoms with Gasteiger partial charge in [-0.3, -0.25) is 19.0 Å². The molecule has 166 valence electrons. The van der Waals surface area contributed by atoms with E-state index in [0.717, 1.165) is 25.9 Å². The zero-order valence-corrected chi connectivity index (χ0v) is 18.7. The van der Waals surface area contributed by atoms with Gasteiger partial charge in [-0.2, -0.15) is 0 Å². The molecule has 1 aliphatic rings. The summed E-state index contributed by atoms with van der Waals surface area (Å²) in [5.74, 6) is 0.230. The van der Waals surface area contributed by atoms with Crippen molar-refractivity contribution in [1.82, 2.24) is 19.8 Å². The number of amides is 2. The normalized spacial score (nSPS) is 14.7. The largest absolute Gasteiger partial charge is 0.341 e. The Morgan fingerprint density at radius 1 is 1.00 bits per heavy atom. The monoisotopic (exact) mass is 432 g/mol. The second-order valence-corrected chi connectivity index (χ2v) is 8.59. The molecular weight excluding hydrogens is 404 g/mol. The number of carbonyl (C=O) groups excluding carboxylic acids is 2. The first-order valence-electron chi connectivity index (χ1n) is 11.1. The number of benzene rings is 2. The van der Waals surface area contributed by atoms with Gasteiger partial charge in [-0.15, -0.1) is 0 Å². The lowest BCUT2D eigenvalue weighted by molar-refractivity contribution is -0.133. The summed E-state index contributed by atoms with van der Waals surface area (Å²) >= 11 is 0. The van der Waals surface area contributed by atoms with E-state index in [0.29, 0.717) is 28.0 Å². The molecule has 4 rings (SSSR count). The highest BCUT2D eigenvalue weighted by molar-refractivity contribution is 5.97. The van der Waals surface area contributed by atoms with Crippen LogP contribution in [-0.2, 0) is 4.79 Å². The average molecular weight is 433 g/mol. The smallest absolute Gasteiger partial charge is 0.265 e. The molecular formula is C25H28N4O3. The van der Waals surface area contributed by atoms with Crippen molar-refractivity contribution in [1.29, 1.82) is 0 Å². The lowest BCUT2D eigenvalue weighted by Crippen LogP contribution is -2.50. The van der Waals surface area contributed by atoms with Gasteiger partial charge in [0.15, 0.2) is 0 Å². The van der Waals surface area contributed by atoms with Gasteiger partial charge in [0.2, 0.25) is 5.91 Å². The van der Waals surface area contributed by atoms with Gasteiger partial charge < -0.3 is 10.2 Å². The Bertz CT molecular complexity index is 1210. The quantitative estimate of drug-likeness (QED) is 0.672. The SMILES string of the molecule is Cc1nc2ccccc2c(=O)n1-c1ccc(C(=O)N[C@H](C(=O)N2CCCC2)C(C)C)cc1. The molecule has 0 unspecified atom stereocenters. The maximum absolute atomic E-state index is 13.0. The van der Waals surface area contributed by atoms with Gasteiger partial charge in [-0.1, -0.05) is 26.0 Å². The molecule has 0 bridgehead atoms. The molecule has 2 heterocycles. The minimum atomic E-state index is -0.560. The Morgan fingerprint density at radius 2 is 1.66 bits per heavy atom. The molecule has 1 aromatic heterocycles. The predicted molar refractivity (Wildman–Crippen MR) is 124 cm³/mol. The summed E-state index contributed by atoms with van der Waals surface area (Å²) in [5.41, 5.74) is 1.58. The maximum Gasteiger partial charge on any atom is 0.265 e. The Labute approximate surface area is 187 Å². The number of para-hydroxylation sites is 1. The van der Waals surface area contributed by atoms with Crippen LogP contribution in [0.5, 0.6) is 0 Å². The molecule has 32 heavy (non-hydrogen) atoms. The molecule has 1 atom stereocenters. The van der Waals surface area contributed by atoms with Gasteiger partial charge in [-0.05, 0) is 62.1 Å². The minimum absolute atomic E-state index is 0.0174. The van der Waals surface area contributed by atoms with E-state index in [9.17, 15) is 14.4 Å². The van der Waals surface area contributed by atoms with Crippen LogP contribution in [0, 0.1) is 12.8 Å². The Hall–Kier alpha value is -3.48. The summed E-state index contributed by atoms with van der Waals surface area (Å²) in [4.78, 5) is 45.1. The van der Waals surface area contributed by atoms with E-state index < -0.39 is 6.04 Å². The van der Waals surface area contributed by atoms with Crippen molar-refractivity contribution >= 4 is 22.7 Å². The van der Waals surface area contributed by atoms with Crippen LogP contribution in [0.1, 0.15) is 42.9 Å². The third-order valence-electron chi connectivity index (χ3n) is 5.97. The van der Waals surface area contributed by atoms with Crippen molar-refractivity contribution < 1.29 is 9.59 Å². The number of aromatic nitrogens is 2. The second kappa shape index (κ2) is 8.94. The maximum atomic E-state index is 13.0. The fourth-order valence-corrected chi connectivity index (χ4v) is 4.18. The van der Waals surface area contributed by atoms with Gasteiger partial charge in [-0.25, -0.2) is 4.98 Å². The highest BCUT2D eigenvalue weighted by Crippen LogP contribution is 2.16. The lowest BCUT2D eigenvalue weighted by atomic mass is 10.0. The predicted octanol–water partition coefficient (Wildman–Crippen LogP) is 3.07. The van der Waals surface area contributed by atoms with Gasteiger partial charge in [0.1, 0.15) is 11.9 Å². The van der Waals surface area contributed by atoms with Crippen molar-refractivity contribution in [3.05, 3.63) is 70.3 Å². The van der Waals surface area contributed by atoms with Crippen LogP contribution in [0.15, 0.2) is 53.3 Å². The molecule has 1 saturated heterocycles. The first kappa shape index (κ1) is 21.7. The van der Waals surface area contributed by atoms with Gasteiger partial charge in [0.25, 0.3) is 11.5 Å². The Kier molecular flexibility index (Phi) is 6.08. The van der Waals surface area contributed by atoms with Crippen molar-refractivity contribution in [2.24, 2.45) is 5.92 Å². The van der Waals surface area contributed by atoms with Crippen LogP contribution in [0.25, 0.3) is 16.6 Å². The minimum Gasteiger partial charge on any atom is -0.341 e. The zero-order chi connectivity index (χ0) is 22.8. The lowest BCUT2D eigenvalue weighted by Gasteiger charge is -2.26. The summed E-state index contributed by atoms with van der Waals surface area (Å²) in [7, 11) is 0. The second-order valence-electron chi connectivity index (χ2n) is 8.59. The molecule has 2 amide bonds. The van der Waals surface area contributed by atoms with E-state index in [1.165, 1.54) is 4.57 Å². The molecule has 1 fully saturated rings. The fourth-order valence-electron chi connectivity index (χ4n) is 4.18. The number of carbonyl (C=O) groups is 2. The number of nitrogens with one attached hydrogen (secondary N) is 1. The van der Waals surface area contributed by atoms with Crippen molar-refractivity contribution in [2.75, 3.05) is 13.1 Å². The van der Waals surface area contributed by atoms with Crippen LogP contribution in [0.2, 0.25) is 0 Å². The fraction of sp³-hybridized carbons (Fsp3) is 0.360. The third kappa shape index (κ3) is 4.15. The number of rotatable bonds is 5. The van der Waals surface area contributed by atoms with Crippen molar-refractivity contribution in [3.8, 4) is 5.69 Å². The Morgan fingerprint density at radius 3 is 2.31 bits per heavy atom. The summed E-state index contributed by atoms with van der Waals surface area (Å²) in [5, 5.41) is 3.45. The van der Waals surface area contributed by atoms with E-state index in [2.05, 4.69) is 10.3 Å². The number of fused-ring (bicyclic) bond motifs is 1. The number of likely N-dealkylation sites (tertiary alicyclic amines) is 1. The molecule has 0 aliphatic carbocycles. The van der Waals surface area contributed by atoms with E-state index in [4.69, 9.17) is 0 Å². The number of aryl methyl sites for hydroxylation is 1. The first-order valence-corrected chi connectivity index (χ1v) is 11.1. The van der Waals surface area contributed by atoms with Gasteiger partial charge in [0.05, 0.1) is 16.6 Å². The molecule has 7 heteroatoms. The molecule has 7 nitrogen and oxygen atoms in total. The molecule has 0 saturated carbocycles. The topological polar surface area (TPSA) is 84.3 Å². The third-order valence-corrected chi connectivity index (χ3v) is 5.97. The molecule has 0 radical (unpaired) electrons. The summed E-state index contributed by atoms with van der Waals surface area (Å²) in [6.45, 7) is 7.15. The average Bonchev–Trinajstić information content (AvgIpc) is 3.32. The number of hydrogen-bond donors (Lipinski definition) is 1. The molecule has 2 aromatic carbocycles. The van der Waals surface area contributed by atoms with Crippen LogP contribution in [-0.4, -0.2) is 45.4 Å². The van der Waals surface area contributed by atoms with Crippen LogP contribution in [0.4, 0.5) is 0 Å². The van der Waals surface area contributed by atoms with Crippen LogP contribution >= 0.6 is 0 Å². The highest BCUT2D eigenvalue weighted by atomic mass is 16.2.